The van der Waals surface area contributed by atoms with E-state index in [1.165, 1.54) is 0 Å². The summed E-state index contributed by atoms with van der Waals surface area (Å²) < 4.78 is 10.9. The summed E-state index contributed by atoms with van der Waals surface area (Å²) in [5.41, 5.74) is 2.11. The van der Waals surface area contributed by atoms with Crippen LogP contribution >= 0.6 is 23.2 Å². The molecule has 2 rings (SSSR count). The van der Waals surface area contributed by atoms with E-state index in [4.69, 9.17) is 32.7 Å². The van der Waals surface area contributed by atoms with Crippen molar-refractivity contribution in [2.45, 2.75) is 33.1 Å². The van der Waals surface area contributed by atoms with Gasteiger partial charge in [0.1, 0.15) is 5.75 Å². The number of carbonyl (C=O) groups excluding carboxylic acids is 1. The highest BCUT2D eigenvalue weighted by Gasteiger charge is 2.06. The van der Waals surface area contributed by atoms with Gasteiger partial charge in [0.15, 0.2) is 6.61 Å². The molecule has 0 heterocycles. The van der Waals surface area contributed by atoms with Crippen LogP contribution in [-0.2, 0) is 22.7 Å². The second-order valence-electron chi connectivity index (χ2n) is 5.82. The average molecular weight is 382 g/mol. The Hall–Kier alpha value is -1.75. The zero-order valence-corrected chi connectivity index (χ0v) is 15.7. The molecule has 25 heavy (non-hydrogen) atoms. The van der Waals surface area contributed by atoms with E-state index in [9.17, 15) is 4.79 Å². The van der Waals surface area contributed by atoms with E-state index in [2.05, 4.69) is 5.32 Å². The monoisotopic (exact) mass is 381 g/mol. The highest BCUT2D eigenvalue weighted by molar-refractivity contribution is 6.35. The van der Waals surface area contributed by atoms with Gasteiger partial charge in [0, 0.05) is 11.6 Å². The van der Waals surface area contributed by atoms with Gasteiger partial charge in [-0.3, -0.25) is 4.79 Å². The number of hydrogen-bond acceptors (Lipinski definition) is 3. The number of rotatable bonds is 8. The first kappa shape index (κ1) is 19.6. The lowest BCUT2D eigenvalue weighted by molar-refractivity contribution is -0.123. The van der Waals surface area contributed by atoms with Crippen LogP contribution in [0.1, 0.15) is 25.0 Å². The second-order valence-corrected chi connectivity index (χ2v) is 6.66. The molecular formula is C19H21Cl2NO3. The average Bonchev–Trinajstić information content (AvgIpc) is 2.58. The second kappa shape index (κ2) is 9.66. The van der Waals surface area contributed by atoms with E-state index in [0.29, 0.717) is 28.9 Å². The number of nitrogens with one attached hydrogen (secondary N) is 1. The fourth-order valence-corrected chi connectivity index (χ4v) is 2.47. The van der Waals surface area contributed by atoms with E-state index in [1.54, 1.807) is 18.2 Å². The van der Waals surface area contributed by atoms with Gasteiger partial charge in [0.25, 0.3) is 5.91 Å². The fraction of sp³-hybridized carbons (Fsp3) is 0.316. The number of benzene rings is 2. The van der Waals surface area contributed by atoms with Gasteiger partial charge in [-0.25, -0.2) is 0 Å². The Morgan fingerprint density at radius 1 is 1.08 bits per heavy atom. The molecule has 0 saturated carbocycles. The first-order chi connectivity index (χ1) is 11.9. The normalized spacial score (nSPS) is 10.8. The predicted octanol–water partition coefficient (Wildman–Crippen LogP) is 4.61. The van der Waals surface area contributed by atoms with Crippen LogP contribution in [0.25, 0.3) is 0 Å². The lowest BCUT2D eigenvalue weighted by atomic mass is 10.1. The molecule has 134 valence electrons. The minimum Gasteiger partial charge on any atom is -0.482 e. The first-order valence-electron chi connectivity index (χ1n) is 7.98. The highest BCUT2D eigenvalue weighted by Crippen LogP contribution is 2.27. The lowest BCUT2D eigenvalue weighted by Gasteiger charge is -2.10. The van der Waals surface area contributed by atoms with Crippen molar-refractivity contribution in [1.82, 2.24) is 5.32 Å². The summed E-state index contributed by atoms with van der Waals surface area (Å²) in [5, 5.41) is 3.70. The molecule has 0 bridgehead atoms. The summed E-state index contributed by atoms with van der Waals surface area (Å²) in [5.74, 6) is 0.203. The van der Waals surface area contributed by atoms with Crippen LogP contribution < -0.4 is 10.1 Å². The van der Waals surface area contributed by atoms with Crippen LogP contribution in [0.2, 0.25) is 10.0 Å². The van der Waals surface area contributed by atoms with Crippen LogP contribution in [-0.4, -0.2) is 18.6 Å². The molecule has 1 amide bonds. The maximum Gasteiger partial charge on any atom is 0.258 e. The zero-order chi connectivity index (χ0) is 18.2. The number of amides is 1. The molecule has 6 heteroatoms. The maximum atomic E-state index is 11.9. The van der Waals surface area contributed by atoms with Crippen LogP contribution in [0.5, 0.6) is 5.75 Å². The Bertz CT molecular complexity index is 702. The smallest absolute Gasteiger partial charge is 0.258 e. The molecule has 0 aliphatic carbocycles. The standard InChI is InChI=1S/C19H21Cl2NO3/c1-13(2)24-11-15-5-3-14(4-6-15)10-22-19(23)12-25-18-8-7-16(20)9-17(18)21/h3-9,13H,10-12H2,1-2H3,(H,22,23). The van der Waals surface area contributed by atoms with Gasteiger partial charge in [-0.1, -0.05) is 47.5 Å². The third-order valence-corrected chi connectivity index (χ3v) is 3.88. The fourth-order valence-electron chi connectivity index (χ4n) is 2.00. The van der Waals surface area contributed by atoms with Gasteiger partial charge >= 0.3 is 0 Å². The maximum absolute atomic E-state index is 11.9. The van der Waals surface area contributed by atoms with E-state index in [-0.39, 0.29) is 18.6 Å². The molecular weight excluding hydrogens is 361 g/mol. The zero-order valence-electron chi connectivity index (χ0n) is 14.2. The highest BCUT2D eigenvalue weighted by atomic mass is 35.5. The molecule has 0 unspecified atom stereocenters. The Morgan fingerprint density at radius 3 is 2.40 bits per heavy atom. The van der Waals surface area contributed by atoms with Gasteiger partial charge in [-0.05, 0) is 43.2 Å². The van der Waals surface area contributed by atoms with Crippen molar-refractivity contribution in [2.24, 2.45) is 0 Å². The molecule has 0 radical (unpaired) electrons. The Kier molecular flexibility index (Phi) is 7.56. The Labute approximate surface area is 158 Å². The van der Waals surface area contributed by atoms with E-state index in [0.717, 1.165) is 11.1 Å². The van der Waals surface area contributed by atoms with Crippen molar-refractivity contribution >= 4 is 29.1 Å². The number of halogens is 2. The number of carbonyl (C=O) groups is 1. The van der Waals surface area contributed by atoms with Gasteiger partial charge in [0.2, 0.25) is 0 Å². The first-order valence-corrected chi connectivity index (χ1v) is 8.73. The third kappa shape index (κ3) is 6.94. The molecule has 0 atom stereocenters. The molecule has 0 spiro atoms. The molecule has 0 aliphatic rings. The largest absolute Gasteiger partial charge is 0.482 e. The van der Waals surface area contributed by atoms with Gasteiger partial charge in [0.05, 0.1) is 17.7 Å². The summed E-state index contributed by atoms with van der Waals surface area (Å²) in [6, 6.07) is 12.8. The van der Waals surface area contributed by atoms with Gasteiger partial charge in [-0.2, -0.15) is 0 Å². The molecule has 0 fully saturated rings. The van der Waals surface area contributed by atoms with E-state index in [1.807, 2.05) is 38.1 Å². The summed E-state index contributed by atoms with van der Waals surface area (Å²) in [4.78, 5) is 11.9. The summed E-state index contributed by atoms with van der Waals surface area (Å²) in [6.07, 6.45) is 0.202. The third-order valence-electron chi connectivity index (χ3n) is 3.35. The van der Waals surface area contributed by atoms with Crippen molar-refractivity contribution < 1.29 is 14.3 Å². The minimum atomic E-state index is -0.224. The molecule has 4 nitrogen and oxygen atoms in total. The van der Waals surface area contributed by atoms with Crippen LogP contribution in [0.15, 0.2) is 42.5 Å². The van der Waals surface area contributed by atoms with Crippen molar-refractivity contribution in [3.05, 3.63) is 63.6 Å². The van der Waals surface area contributed by atoms with Crippen molar-refractivity contribution in [3.8, 4) is 5.75 Å². The van der Waals surface area contributed by atoms with Crippen LogP contribution in [0.4, 0.5) is 0 Å². The summed E-state index contributed by atoms with van der Waals surface area (Å²) in [7, 11) is 0. The minimum absolute atomic E-state index is 0.109. The molecule has 0 saturated heterocycles. The van der Waals surface area contributed by atoms with Crippen molar-refractivity contribution in [3.63, 3.8) is 0 Å². The molecule has 2 aromatic carbocycles. The summed E-state index contributed by atoms with van der Waals surface area (Å²) in [6.45, 7) is 4.91. The van der Waals surface area contributed by atoms with Gasteiger partial charge < -0.3 is 14.8 Å². The molecule has 0 aromatic heterocycles. The van der Waals surface area contributed by atoms with E-state index < -0.39 is 0 Å². The Balaban J connectivity index is 1.76. The number of ether oxygens (including phenoxy) is 2. The van der Waals surface area contributed by atoms with Crippen LogP contribution in [0.3, 0.4) is 0 Å². The molecule has 1 N–H and O–H groups in total. The lowest BCUT2D eigenvalue weighted by Crippen LogP contribution is -2.28. The number of hydrogen-bond donors (Lipinski definition) is 1. The topological polar surface area (TPSA) is 47.6 Å². The Morgan fingerprint density at radius 2 is 1.76 bits per heavy atom. The van der Waals surface area contributed by atoms with Crippen molar-refractivity contribution in [2.75, 3.05) is 6.61 Å². The van der Waals surface area contributed by atoms with Crippen molar-refractivity contribution in [1.29, 1.82) is 0 Å². The predicted molar refractivity (Wildman–Crippen MR) is 100 cm³/mol. The molecule has 2 aromatic rings. The SMILES string of the molecule is CC(C)OCc1ccc(CNC(=O)COc2ccc(Cl)cc2Cl)cc1. The van der Waals surface area contributed by atoms with Gasteiger partial charge in [-0.15, -0.1) is 0 Å². The summed E-state index contributed by atoms with van der Waals surface area (Å²) >= 11 is 11.8. The molecule has 0 aliphatic heterocycles. The quantitative estimate of drug-likeness (QED) is 0.725. The van der Waals surface area contributed by atoms with E-state index >= 15 is 0 Å². The van der Waals surface area contributed by atoms with Crippen LogP contribution in [0, 0.1) is 0 Å².